The molecule has 0 radical (unpaired) electrons. The molecule has 1 heterocycles. The van der Waals surface area contributed by atoms with Crippen LogP contribution in [0.15, 0.2) is 91.0 Å². The van der Waals surface area contributed by atoms with Crippen molar-refractivity contribution in [2.45, 2.75) is 20.4 Å². The van der Waals surface area contributed by atoms with Gasteiger partial charge in [0, 0.05) is 49.7 Å². The van der Waals surface area contributed by atoms with Gasteiger partial charge in [0.2, 0.25) is 0 Å². The number of ether oxygens (including phenoxy) is 3. The van der Waals surface area contributed by atoms with Crippen LogP contribution in [0, 0.1) is 0 Å². The van der Waals surface area contributed by atoms with Gasteiger partial charge in [0.1, 0.15) is 17.2 Å². The van der Waals surface area contributed by atoms with E-state index in [1.165, 1.54) is 5.56 Å². The van der Waals surface area contributed by atoms with Crippen molar-refractivity contribution >= 4 is 17.3 Å². The van der Waals surface area contributed by atoms with Crippen LogP contribution in [-0.2, 0) is 6.54 Å². The maximum Gasteiger partial charge on any atom is 0.255 e. The zero-order valence-electron chi connectivity index (χ0n) is 24.6. The van der Waals surface area contributed by atoms with E-state index < -0.39 is 0 Å². The Kier molecular flexibility index (Phi) is 9.62. The molecule has 0 spiro atoms. The minimum absolute atomic E-state index is 0.130. The van der Waals surface area contributed by atoms with E-state index in [2.05, 4.69) is 45.4 Å². The Labute approximate surface area is 248 Å². The van der Waals surface area contributed by atoms with Crippen molar-refractivity contribution in [3.05, 3.63) is 102 Å². The third-order valence-corrected chi connectivity index (χ3v) is 7.38. The van der Waals surface area contributed by atoms with Crippen molar-refractivity contribution in [2.75, 3.05) is 56.7 Å². The smallest absolute Gasteiger partial charge is 0.255 e. The molecule has 1 amide bonds. The first-order valence-electron chi connectivity index (χ1n) is 14.6. The Morgan fingerprint density at radius 3 is 2.12 bits per heavy atom. The molecule has 7 heteroatoms. The molecule has 218 valence electrons. The number of carbonyl (C=O) groups excluding carboxylic acids is 1. The van der Waals surface area contributed by atoms with Crippen molar-refractivity contribution < 1.29 is 19.0 Å². The second-order valence-electron chi connectivity index (χ2n) is 10.3. The molecule has 42 heavy (non-hydrogen) atoms. The van der Waals surface area contributed by atoms with Crippen molar-refractivity contribution in [2.24, 2.45) is 0 Å². The fourth-order valence-corrected chi connectivity index (χ4v) is 5.22. The Balaban J connectivity index is 1.19. The van der Waals surface area contributed by atoms with Crippen LogP contribution >= 0.6 is 0 Å². The van der Waals surface area contributed by atoms with Crippen molar-refractivity contribution in [1.29, 1.82) is 0 Å². The quantitative estimate of drug-likeness (QED) is 0.218. The highest BCUT2D eigenvalue weighted by Crippen LogP contribution is 2.30. The first kappa shape index (κ1) is 29.0. The van der Waals surface area contributed by atoms with Gasteiger partial charge in [-0.2, -0.15) is 0 Å². The number of methoxy groups -OCH3 is 1. The number of nitrogens with zero attached hydrogens (tertiary/aromatic N) is 2. The fraction of sp³-hybridized carbons (Fsp3) is 0.286. The summed E-state index contributed by atoms with van der Waals surface area (Å²) in [4.78, 5) is 17.6. The highest BCUT2D eigenvalue weighted by atomic mass is 16.5. The van der Waals surface area contributed by atoms with Crippen LogP contribution in [0.3, 0.4) is 0 Å². The summed E-state index contributed by atoms with van der Waals surface area (Å²) in [5, 5.41) is 2.94. The highest BCUT2D eigenvalue weighted by molar-refractivity contribution is 6.04. The summed E-state index contributed by atoms with van der Waals surface area (Å²) >= 11 is 0. The van der Waals surface area contributed by atoms with Gasteiger partial charge in [-0.3, -0.25) is 9.69 Å². The van der Waals surface area contributed by atoms with Gasteiger partial charge in [-0.05, 0) is 109 Å². The number of amides is 1. The Morgan fingerprint density at radius 1 is 0.738 bits per heavy atom. The minimum atomic E-state index is -0.130. The Morgan fingerprint density at radius 2 is 1.43 bits per heavy atom. The van der Waals surface area contributed by atoms with Crippen molar-refractivity contribution in [1.82, 2.24) is 4.90 Å². The number of hydrogen-bond donors (Lipinski definition) is 1. The summed E-state index contributed by atoms with van der Waals surface area (Å²) in [5.41, 5.74) is 5.98. The number of hydrogen-bond acceptors (Lipinski definition) is 6. The lowest BCUT2D eigenvalue weighted by molar-refractivity contribution is 0.102. The van der Waals surface area contributed by atoms with Gasteiger partial charge < -0.3 is 24.4 Å². The second-order valence-corrected chi connectivity index (χ2v) is 10.3. The van der Waals surface area contributed by atoms with Gasteiger partial charge in [-0.25, -0.2) is 0 Å². The highest BCUT2D eigenvalue weighted by Gasteiger charge is 2.19. The first-order chi connectivity index (χ1) is 20.5. The summed E-state index contributed by atoms with van der Waals surface area (Å²) in [5.74, 6) is 2.39. The molecule has 1 aliphatic rings. The van der Waals surface area contributed by atoms with Gasteiger partial charge in [-0.1, -0.05) is 12.1 Å². The van der Waals surface area contributed by atoms with Crippen LogP contribution in [0.5, 0.6) is 17.2 Å². The maximum atomic E-state index is 12.7. The molecular weight excluding hydrogens is 526 g/mol. The number of rotatable bonds is 11. The van der Waals surface area contributed by atoms with Crippen LogP contribution < -0.4 is 24.4 Å². The van der Waals surface area contributed by atoms with Gasteiger partial charge in [0.05, 0.1) is 20.3 Å². The zero-order valence-corrected chi connectivity index (χ0v) is 24.6. The lowest BCUT2D eigenvalue weighted by Gasteiger charge is -2.36. The summed E-state index contributed by atoms with van der Waals surface area (Å²) in [6.07, 6.45) is 0. The van der Waals surface area contributed by atoms with Crippen LogP contribution in [-0.4, -0.2) is 57.3 Å². The molecule has 1 saturated heterocycles. The summed E-state index contributed by atoms with van der Waals surface area (Å²) in [6.45, 7) is 9.89. The largest absolute Gasteiger partial charge is 0.497 e. The third-order valence-electron chi connectivity index (χ3n) is 7.38. The molecule has 1 aliphatic heterocycles. The van der Waals surface area contributed by atoms with Crippen LogP contribution in [0.4, 0.5) is 11.4 Å². The Hall–Kier alpha value is -4.49. The molecule has 4 aromatic rings. The average Bonchev–Trinajstić information content (AvgIpc) is 3.02. The van der Waals surface area contributed by atoms with E-state index in [0.29, 0.717) is 18.8 Å². The minimum Gasteiger partial charge on any atom is -0.497 e. The Bertz CT molecular complexity index is 1460. The molecule has 5 rings (SSSR count). The van der Waals surface area contributed by atoms with E-state index in [0.717, 1.165) is 72.5 Å². The normalized spacial score (nSPS) is 13.5. The van der Waals surface area contributed by atoms with Gasteiger partial charge in [0.25, 0.3) is 5.91 Å². The monoisotopic (exact) mass is 565 g/mol. The lowest BCUT2D eigenvalue weighted by atomic mass is 10.0. The maximum absolute atomic E-state index is 12.7. The molecule has 0 bridgehead atoms. The number of anilines is 2. The average molecular weight is 566 g/mol. The molecule has 0 atom stereocenters. The number of benzene rings is 4. The summed E-state index contributed by atoms with van der Waals surface area (Å²) in [6, 6.07) is 29.9. The molecule has 0 aliphatic carbocycles. The van der Waals surface area contributed by atoms with E-state index >= 15 is 0 Å². The topological polar surface area (TPSA) is 63.3 Å². The van der Waals surface area contributed by atoms with E-state index in [9.17, 15) is 4.79 Å². The molecule has 4 aromatic carbocycles. The van der Waals surface area contributed by atoms with E-state index in [-0.39, 0.29) is 5.91 Å². The zero-order chi connectivity index (χ0) is 29.3. The molecule has 1 N–H and O–H groups in total. The van der Waals surface area contributed by atoms with Gasteiger partial charge in [0.15, 0.2) is 0 Å². The predicted octanol–water partition coefficient (Wildman–Crippen LogP) is 6.73. The summed E-state index contributed by atoms with van der Waals surface area (Å²) in [7, 11) is 1.62. The van der Waals surface area contributed by atoms with Crippen molar-refractivity contribution in [3.8, 4) is 28.4 Å². The van der Waals surface area contributed by atoms with E-state index in [1.807, 2.05) is 74.5 Å². The molecule has 0 unspecified atom stereocenters. The van der Waals surface area contributed by atoms with E-state index in [1.54, 1.807) is 7.11 Å². The molecule has 0 aromatic heterocycles. The standard InChI is InChI=1S/C35H39N3O4/c1-4-41-33-8-6-7-28(23-33)29-21-26(22-34(24-29)42-5-2)25-37-17-19-38(20-18-37)31-13-9-27(10-14-31)35(39)36-30-11-15-32(40-3)16-12-30/h6-16,21-24H,4-5,17-20,25H2,1-3H3,(H,36,39). The van der Waals surface area contributed by atoms with Crippen LogP contribution in [0.2, 0.25) is 0 Å². The number of piperazine rings is 1. The second kappa shape index (κ2) is 13.9. The number of nitrogens with one attached hydrogen (secondary N) is 1. The third kappa shape index (κ3) is 7.42. The van der Waals surface area contributed by atoms with E-state index in [4.69, 9.17) is 14.2 Å². The predicted molar refractivity (Wildman–Crippen MR) is 169 cm³/mol. The number of carbonyl (C=O) groups is 1. The molecular formula is C35H39N3O4. The molecule has 7 nitrogen and oxygen atoms in total. The first-order valence-corrected chi connectivity index (χ1v) is 14.6. The van der Waals surface area contributed by atoms with Gasteiger partial charge >= 0.3 is 0 Å². The van der Waals surface area contributed by atoms with Gasteiger partial charge in [-0.15, -0.1) is 0 Å². The summed E-state index contributed by atoms with van der Waals surface area (Å²) < 4.78 is 16.8. The lowest BCUT2D eigenvalue weighted by Crippen LogP contribution is -2.46. The van der Waals surface area contributed by atoms with Crippen LogP contribution in [0.25, 0.3) is 11.1 Å². The molecule has 1 fully saturated rings. The SMILES string of the molecule is CCOc1cccc(-c2cc(CN3CCN(c4ccc(C(=O)Nc5ccc(OC)cc5)cc4)CC3)cc(OCC)c2)c1. The van der Waals surface area contributed by atoms with Crippen molar-refractivity contribution in [3.63, 3.8) is 0 Å². The fourth-order valence-electron chi connectivity index (χ4n) is 5.22. The van der Waals surface area contributed by atoms with Crippen LogP contribution in [0.1, 0.15) is 29.8 Å². The molecule has 0 saturated carbocycles.